The minimum atomic E-state index is -0.189. The summed E-state index contributed by atoms with van der Waals surface area (Å²) >= 11 is 3.40. The van der Waals surface area contributed by atoms with Crippen LogP contribution in [-0.4, -0.2) is 5.91 Å². The zero-order valence-corrected chi connectivity index (χ0v) is 13.8. The van der Waals surface area contributed by atoms with Crippen molar-refractivity contribution in [3.63, 3.8) is 0 Å². The molecule has 4 heteroatoms. The van der Waals surface area contributed by atoms with E-state index >= 15 is 0 Å². The first-order valence-electron chi connectivity index (χ1n) is 7.10. The van der Waals surface area contributed by atoms with Crippen LogP contribution < -0.4 is 5.32 Å². The SMILES string of the molecule is O=C(Nc1cccc(Br)c1)C(=Cc1ccco1)c1ccccc1. The molecule has 114 valence electrons. The zero-order chi connectivity index (χ0) is 16.1. The van der Waals surface area contributed by atoms with Crippen LogP contribution >= 0.6 is 15.9 Å². The summed E-state index contributed by atoms with van der Waals surface area (Å²) < 4.78 is 6.25. The fourth-order valence-corrected chi connectivity index (χ4v) is 2.58. The molecule has 3 nitrogen and oxygen atoms in total. The van der Waals surface area contributed by atoms with Crippen molar-refractivity contribution in [3.8, 4) is 0 Å². The molecule has 0 unspecified atom stereocenters. The lowest BCUT2D eigenvalue weighted by molar-refractivity contribution is -0.111. The van der Waals surface area contributed by atoms with Gasteiger partial charge in [0.05, 0.1) is 11.8 Å². The number of rotatable bonds is 4. The predicted octanol–water partition coefficient (Wildman–Crippen LogP) is 5.22. The quantitative estimate of drug-likeness (QED) is 0.642. The molecule has 0 aliphatic heterocycles. The summed E-state index contributed by atoms with van der Waals surface area (Å²) in [6, 6.07) is 20.6. The van der Waals surface area contributed by atoms with E-state index in [4.69, 9.17) is 4.42 Å². The minimum absolute atomic E-state index is 0.189. The lowest BCUT2D eigenvalue weighted by Crippen LogP contribution is -2.13. The number of halogens is 1. The van der Waals surface area contributed by atoms with Crippen molar-refractivity contribution in [1.29, 1.82) is 0 Å². The number of amides is 1. The number of anilines is 1. The summed E-state index contributed by atoms with van der Waals surface area (Å²) in [7, 11) is 0. The Morgan fingerprint density at radius 1 is 1.00 bits per heavy atom. The lowest BCUT2D eigenvalue weighted by Gasteiger charge is -2.09. The van der Waals surface area contributed by atoms with Crippen LogP contribution in [0.3, 0.4) is 0 Å². The molecule has 1 amide bonds. The van der Waals surface area contributed by atoms with E-state index in [9.17, 15) is 4.79 Å². The van der Waals surface area contributed by atoms with Crippen molar-refractivity contribution >= 4 is 39.2 Å². The molecule has 1 N–H and O–H groups in total. The fraction of sp³-hybridized carbons (Fsp3) is 0. The van der Waals surface area contributed by atoms with E-state index in [-0.39, 0.29) is 5.91 Å². The van der Waals surface area contributed by atoms with Crippen LogP contribution in [0, 0.1) is 0 Å². The third kappa shape index (κ3) is 3.99. The van der Waals surface area contributed by atoms with Crippen LogP contribution in [-0.2, 0) is 4.79 Å². The van der Waals surface area contributed by atoms with Gasteiger partial charge in [0.1, 0.15) is 5.76 Å². The number of benzene rings is 2. The largest absolute Gasteiger partial charge is 0.465 e. The van der Waals surface area contributed by atoms with Gasteiger partial charge in [0.25, 0.3) is 5.91 Å². The normalized spacial score (nSPS) is 11.3. The highest BCUT2D eigenvalue weighted by Gasteiger charge is 2.13. The van der Waals surface area contributed by atoms with E-state index < -0.39 is 0 Å². The Kier molecular flexibility index (Phi) is 4.74. The second-order valence-electron chi connectivity index (χ2n) is 4.90. The van der Waals surface area contributed by atoms with E-state index in [0.717, 1.165) is 15.7 Å². The molecule has 0 saturated carbocycles. The van der Waals surface area contributed by atoms with Crippen LogP contribution in [0.4, 0.5) is 5.69 Å². The number of nitrogens with one attached hydrogen (secondary N) is 1. The second-order valence-corrected chi connectivity index (χ2v) is 5.82. The molecule has 1 heterocycles. The first-order valence-corrected chi connectivity index (χ1v) is 7.89. The van der Waals surface area contributed by atoms with Crippen molar-refractivity contribution in [2.75, 3.05) is 5.32 Å². The van der Waals surface area contributed by atoms with Gasteiger partial charge in [-0.2, -0.15) is 0 Å². The Morgan fingerprint density at radius 2 is 1.83 bits per heavy atom. The van der Waals surface area contributed by atoms with Crippen LogP contribution in [0.2, 0.25) is 0 Å². The summed E-state index contributed by atoms with van der Waals surface area (Å²) in [5.41, 5.74) is 2.10. The molecule has 0 saturated heterocycles. The molecular weight excluding hydrogens is 354 g/mol. The topological polar surface area (TPSA) is 42.2 Å². The third-order valence-electron chi connectivity index (χ3n) is 3.24. The smallest absolute Gasteiger partial charge is 0.256 e. The number of carbonyl (C=O) groups is 1. The van der Waals surface area contributed by atoms with Crippen molar-refractivity contribution in [1.82, 2.24) is 0 Å². The highest BCUT2D eigenvalue weighted by atomic mass is 79.9. The molecule has 0 aliphatic carbocycles. The average Bonchev–Trinajstić information content (AvgIpc) is 3.06. The number of hydrogen-bond donors (Lipinski definition) is 1. The van der Waals surface area contributed by atoms with Gasteiger partial charge >= 0.3 is 0 Å². The van der Waals surface area contributed by atoms with Gasteiger partial charge in [0, 0.05) is 10.2 Å². The maximum atomic E-state index is 12.7. The fourth-order valence-electron chi connectivity index (χ4n) is 2.18. The van der Waals surface area contributed by atoms with Gasteiger partial charge in [-0.25, -0.2) is 0 Å². The van der Waals surface area contributed by atoms with E-state index in [1.54, 1.807) is 18.4 Å². The lowest BCUT2D eigenvalue weighted by atomic mass is 10.0. The van der Waals surface area contributed by atoms with E-state index in [1.165, 1.54) is 0 Å². The highest BCUT2D eigenvalue weighted by molar-refractivity contribution is 9.10. The monoisotopic (exact) mass is 367 g/mol. The first-order chi connectivity index (χ1) is 11.2. The Labute approximate surface area is 142 Å². The van der Waals surface area contributed by atoms with Gasteiger partial charge in [-0.15, -0.1) is 0 Å². The number of hydrogen-bond acceptors (Lipinski definition) is 2. The second kappa shape index (κ2) is 7.11. The summed E-state index contributed by atoms with van der Waals surface area (Å²) in [6.07, 6.45) is 3.32. The molecule has 0 atom stereocenters. The van der Waals surface area contributed by atoms with Crippen LogP contribution in [0.1, 0.15) is 11.3 Å². The Balaban J connectivity index is 1.93. The molecule has 1 aromatic heterocycles. The van der Waals surface area contributed by atoms with Gasteiger partial charge in [0.2, 0.25) is 0 Å². The van der Waals surface area contributed by atoms with E-state index in [2.05, 4.69) is 21.2 Å². The molecule has 23 heavy (non-hydrogen) atoms. The summed E-state index contributed by atoms with van der Waals surface area (Å²) in [6.45, 7) is 0. The Hall–Kier alpha value is -2.59. The molecule has 0 fully saturated rings. The van der Waals surface area contributed by atoms with Gasteiger partial charge in [-0.3, -0.25) is 4.79 Å². The van der Waals surface area contributed by atoms with Gasteiger partial charge in [0.15, 0.2) is 0 Å². The van der Waals surface area contributed by atoms with Gasteiger partial charge < -0.3 is 9.73 Å². The average molecular weight is 368 g/mol. The van der Waals surface area contributed by atoms with E-state index in [0.29, 0.717) is 11.3 Å². The maximum Gasteiger partial charge on any atom is 0.256 e. The number of furan rings is 1. The van der Waals surface area contributed by atoms with Crippen molar-refractivity contribution in [2.24, 2.45) is 0 Å². The standard InChI is InChI=1S/C19H14BrNO2/c20-15-8-4-9-16(12-15)21-19(22)18(13-17-10-5-11-23-17)14-6-2-1-3-7-14/h1-13H,(H,21,22). The molecular formula is C19H14BrNO2. The van der Waals surface area contributed by atoms with Crippen molar-refractivity contribution < 1.29 is 9.21 Å². The third-order valence-corrected chi connectivity index (χ3v) is 3.73. The summed E-state index contributed by atoms with van der Waals surface area (Å²) in [4.78, 5) is 12.7. The molecule has 3 rings (SSSR count). The molecule has 0 radical (unpaired) electrons. The molecule has 2 aromatic carbocycles. The van der Waals surface area contributed by atoms with Crippen molar-refractivity contribution in [3.05, 3.63) is 88.8 Å². The van der Waals surface area contributed by atoms with Gasteiger partial charge in [-0.1, -0.05) is 52.3 Å². The van der Waals surface area contributed by atoms with Crippen LogP contribution in [0.25, 0.3) is 11.6 Å². The summed E-state index contributed by atoms with van der Waals surface area (Å²) in [5, 5.41) is 2.91. The highest BCUT2D eigenvalue weighted by Crippen LogP contribution is 2.22. The predicted molar refractivity (Wildman–Crippen MR) is 95.8 cm³/mol. The first kappa shape index (κ1) is 15.3. The van der Waals surface area contributed by atoms with Crippen molar-refractivity contribution in [2.45, 2.75) is 0 Å². The maximum absolute atomic E-state index is 12.7. The Bertz CT molecular complexity index is 824. The van der Waals surface area contributed by atoms with Gasteiger partial charge in [-0.05, 0) is 42.0 Å². The molecule has 0 aliphatic rings. The summed E-state index contributed by atoms with van der Waals surface area (Å²) in [5.74, 6) is 0.443. The Morgan fingerprint density at radius 3 is 2.52 bits per heavy atom. The number of carbonyl (C=O) groups excluding carboxylic acids is 1. The van der Waals surface area contributed by atoms with Crippen LogP contribution in [0.5, 0.6) is 0 Å². The minimum Gasteiger partial charge on any atom is -0.465 e. The molecule has 0 bridgehead atoms. The zero-order valence-electron chi connectivity index (χ0n) is 12.2. The molecule has 0 spiro atoms. The molecule has 3 aromatic rings. The van der Waals surface area contributed by atoms with Crippen LogP contribution in [0.15, 0.2) is 81.9 Å². The van der Waals surface area contributed by atoms with E-state index in [1.807, 2.05) is 60.7 Å².